The molecule has 4 nitrogen and oxygen atoms in total. The summed E-state index contributed by atoms with van der Waals surface area (Å²) >= 11 is 0. The van der Waals surface area contributed by atoms with E-state index in [2.05, 4.69) is 10.6 Å². The second-order valence-corrected chi connectivity index (χ2v) is 8.71. The molecule has 0 aliphatic heterocycles. The third-order valence-electron chi connectivity index (χ3n) is 5.25. The molecule has 0 aromatic heterocycles. The van der Waals surface area contributed by atoms with Gasteiger partial charge < -0.3 is 15.4 Å². The van der Waals surface area contributed by atoms with Crippen molar-refractivity contribution < 1.29 is 27.1 Å². The molecule has 1 amide bonds. The van der Waals surface area contributed by atoms with Crippen LogP contribution in [0.2, 0.25) is 0 Å². The first-order valence-corrected chi connectivity index (χ1v) is 9.54. The highest BCUT2D eigenvalue weighted by molar-refractivity contribution is 5.68. The van der Waals surface area contributed by atoms with E-state index < -0.39 is 34.8 Å². The maximum absolute atomic E-state index is 13.6. The van der Waals surface area contributed by atoms with Crippen LogP contribution >= 0.6 is 0 Å². The molecule has 28 heavy (non-hydrogen) atoms. The van der Waals surface area contributed by atoms with Crippen LogP contribution in [-0.2, 0) is 16.5 Å². The molecule has 2 atom stereocenters. The number of amides is 1. The third-order valence-corrected chi connectivity index (χ3v) is 5.25. The number of hydrogen-bond donors (Lipinski definition) is 2. The Balaban J connectivity index is 1.71. The number of alkyl halides is 3. The number of hydrogen-bond acceptors (Lipinski definition) is 3. The highest BCUT2D eigenvalue weighted by Crippen LogP contribution is 2.48. The predicted octanol–water partition coefficient (Wildman–Crippen LogP) is 4.87. The van der Waals surface area contributed by atoms with Crippen LogP contribution in [0.4, 0.5) is 22.4 Å². The molecule has 8 heteroatoms. The van der Waals surface area contributed by atoms with Gasteiger partial charge in [0, 0.05) is 17.6 Å². The van der Waals surface area contributed by atoms with Gasteiger partial charge in [0.05, 0.1) is 5.56 Å². The lowest BCUT2D eigenvalue weighted by Gasteiger charge is -2.29. The van der Waals surface area contributed by atoms with Gasteiger partial charge in [-0.2, -0.15) is 13.2 Å². The smallest absolute Gasteiger partial charge is 0.419 e. The van der Waals surface area contributed by atoms with Crippen molar-refractivity contribution in [2.24, 2.45) is 0 Å². The van der Waals surface area contributed by atoms with Crippen molar-refractivity contribution in [3.8, 4) is 0 Å². The van der Waals surface area contributed by atoms with E-state index in [9.17, 15) is 22.4 Å². The Morgan fingerprint density at radius 1 is 1.14 bits per heavy atom. The Labute approximate surface area is 162 Å². The van der Waals surface area contributed by atoms with Gasteiger partial charge in [-0.15, -0.1) is 0 Å². The number of carbonyl (C=O) groups excluding carboxylic acids is 1. The van der Waals surface area contributed by atoms with Gasteiger partial charge in [0.15, 0.2) is 0 Å². The molecule has 0 spiro atoms. The second-order valence-electron chi connectivity index (χ2n) is 8.71. The van der Waals surface area contributed by atoms with Gasteiger partial charge in [-0.05, 0) is 70.6 Å². The SMILES string of the molecule is CC(C)(C)OC(=O)N[C@H]1CCC[C@H]1NC1(c2ccc(F)c(C(F)(F)F)c2)CC1. The molecule has 1 aromatic rings. The van der Waals surface area contributed by atoms with Crippen molar-refractivity contribution in [2.75, 3.05) is 0 Å². The summed E-state index contributed by atoms with van der Waals surface area (Å²) in [5, 5.41) is 6.31. The Morgan fingerprint density at radius 2 is 1.79 bits per heavy atom. The average Bonchev–Trinajstić information content (AvgIpc) is 3.19. The fourth-order valence-corrected chi connectivity index (χ4v) is 3.80. The zero-order chi connectivity index (χ0) is 20.7. The minimum Gasteiger partial charge on any atom is -0.444 e. The molecule has 156 valence electrons. The molecule has 2 aliphatic carbocycles. The first-order chi connectivity index (χ1) is 12.9. The van der Waals surface area contributed by atoms with Crippen LogP contribution < -0.4 is 10.6 Å². The summed E-state index contributed by atoms with van der Waals surface area (Å²) in [6, 6.07) is 2.96. The molecule has 0 unspecified atom stereocenters. The van der Waals surface area contributed by atoms with Crippen molar-refractivity contribution in [3.05, 3.63) is 35.1 Å². The Hall–Kier alpha value is -1.83. The summed E-state index contributed by atoms with van der Waals surface area (Å²) in [6.45, 7) is 5.34. The fraction of sp³-hybridized carbons (Fsp3) is 0.650. The Morgan fingerprint density at radius 3 is 2.36 bits per heavy atom. The molecule has 0 radical (unpaired) electrons. The largest absolute Gasteiger partial charge is 0.444 e. The lowest BCUT2D eigenvalue weighted by atomic mass is 9.99. The van der Waals surface area contributed by atoms with E-state index in [0.29, 0.717) is 18.4 Å². The van der Waals surface area contributed by atoms with E-state index in [1.54, 1.807) is 20.8 Å². The summed E-state index contributed by atoms with van der Waals surface area (Å²) in [4.78, 5) is 12.1. The first kappa shape index (κ1) is 20.9. The molecule has 2 saturated carbocycles. The molecule has 0 saturated heterocycles. The van der Waals surface area contributed by atoms with Gasteiger partial charge in [-0.3, -0.25) is 0 Å². The number of alkyl carbamates (subject to hydrolysis) is 1. The van der Waals surface area contributed by atoms with Gasteiger partial charge in [0.2, 0.25) is 0 Å². The topological polar surface area (TPSA) is 50.4 Å². The van der Waals surface area contributed by atoms with Crippen molar-refractivity contribution >= 4 is 6.09 Å². The average molecular weight is 402 g/mol. The molecule has 0 heterocycles. The zero-order valence-corrected chi connectivity index (χ0v) is 16.3. The number of ether oxygens (including phenoxy) is 1. The van der Waals surface area contributed by atoms with Crippen LogP contribution in [0.25, 0.3) is 0 Å². The lowest BCUT2D eigenvalue weighted by molar-refractivity contribution is -0.140. The van der Waals surface area contributed by atoms with Gasteiger partial charge in [-0.1, -0.05) is 6.07 Å². The Kier molecular flexibility index (Phi) is 5.38. The van der Waals surface area contributed by atoms with E-state index in [1.165, 1.54) is 6.07 Å². The minimum atomic E-state index is -4.73. The molecule has 2 aliphatic rings. The number of rotatable bonds is 4. The van der Waals surface area contributed by atoms with E-state index in [1.807, 2.05) is 0 Å². The highest BCUT2D eigenvalue weighted by atomic mass is 19.4. The van der Waals surface area contributed by atoms with E-state index in [4.69, 9.17) is 4.74 Å². The van der Waals surface area contributed by atoms with E-state index >= 15 is 0 Å². The summed E-state index contributed by atoms with van der Waals surface area (Å²) in [7, 11) is 0. The molecule has 2 fully saturated rings. The number of carbonyl (C=O) groups is 1. The van der Waals surface area contributed by atoms with Crippen LogP contribution in [0, 0.1) is 5.82 Å². The summed E-state index contributed by atoms with van der Waals surface area (Å²) in [6.07, 6.45) is -1.43. The number of halogens is 4. The second kappa shape index (κ2) is 7.21. The van der Waals surface area contributed by atoms with Gasteiger partial charge in [0.1, 0.15) is 11.4 Å². The molecular weight excluding hydrogens is 376 g/mol. The summed E-state index contributed by atoms with van der Waals surface area (Å²) in [5.41, 5.74) is -2.01. The van der Waals surface area contributed by atoms with Crippen LogP contribution in [0.15, 0.2) is 18.2 Å². The summed E-state index contributed by atoms with van der Waals surface area (Å²) in [5.74, 6) is -1.27. The first-order valence-electron chi connectivity index (χ1n) is 9.54. The van der Waals surface area contributed by atoms with Crippen LogP contribution in [-0.4, -0.2) is 23.8 Å². The monoisotopic (exact) mass is 402 g/mol. The normalized spacial score (nSPS) is 24.1. The van der Waals surface area contributed by atoms with E-state index in [-0.39, 0.29) is 12.1 Å². The molecule has 3 rings (SSSR count). The molecular formula is C20H26F4N2O2. The van der Waals surface area contributed by atoms with Crippen molar-refractivity contribution in [3.63, 3.8) is 0 Å². The third kappa shape index (κ3) is 4.77. The van der Waals surface area contributed by atoms with Crippen LogP contribution in [0.3, 0.4) is 0 Å². The fourth-order valence-electron chi connectivity index (χ4n) is 3.80. The van der Waals surface area contributed by atoms with Crippen molar-refractivity contribution in [1.29, 1.82) is 0 Å². The van der Waals surface area contributed by atoms with Gasteiger partial charge in [0.25, 0.3) is 0 Å². The lowest BCUT2D eigenvalue weighted by Crippen LogP contribution is -2.51. The van der Waals surface area contributed by atoms with Crippen molar-refractivity contribution in [1.82, 2.24) is 10.6 Å². The molecule has 0 bridgehead atoms. The molecule has 1 aromatic carbocycles. The Bertz CT molecular complexity index is 739. The van der Waals surface area contributed by atoms with Crippen LogP contribution in [0.1, 0.15) is 64.0 Å². The van der Waals surface area contributed by atoms with Crippen LogP contribution in [0.5, 0.6) is 0 Å². The van der Waals surface area contributed by atoms with Gasteiger partial charge in [-0.25, -0.2) is 9.18 Å². The maximum atomic E-state index is 13.6. The molecule has 2 N–H and O–H groups in total. The van der Waals surface area contributed by atoms with Crippen molar-refractivity contribution in [2.45, 2.75) is 82.3 Å². The standard InChI is InChI=1S/C20H26F4N2O2/c1-18(2,3)28-17(27)25-15-5-4-6-16(15)26-19(9-10-19)12-7-8-14(21)13(11-12)20(22,23)24/h7-8,11,15-16,26H,4-6,9-10H2,1-3H3,(H,25,27)/t15-,16+/m0/s1. The minimum absolute atomic E-state index is 0.0746. The quantitative estimate of drug-likeness (QED) is 0.707. The maximum Gasteiger partial charge on any atom is 0.419 e. The number of benzene rings is 1. The van der Waals surface area contributed by atoms with Gasteiger partial charge >= 0.3 is 12.3 Å². The van der Waals surface area contributed by atoms with E-state index in [0.717, 1.165) is 31.4 Å². The summed E-state index contributed by atoms with van der Waals surface area (Å²) < 4.78 is 58.1. The number of nitrogens with one attached hydrogen (secondary N) is 2. The predicted molar refractivity (Wildman–Crippen MR) is 96.2 cm³/mol. The zero-order valence-electron chi connectivity index (χ0n) is 16.3. The highest BCUT2D eigenvalue weighted by Gasteiger charge is 2.48.